The van der Waals surface area contributed by atoms with E-state index in [1.807, 2.05) is 6.92 Å². The molecule has 7 heteroatoms. The van der Waals surface area contributed by atoms with Crippen molar-refractivity contribution in [2.75, 3.05) is 19.8 Å². The lowest BCUT2D eigenvalue weighted by Crippen LogP contribution is -2.50. The van der Waals surface area contributed by atoms with E-state index in [0.29, 0.717) is 13.2 Å². The molecule has 18 heavy (non-hydrogen) atoms. The second-order valence-corrected chi connectivity index (χ2v) is 4.63. The average molecular weight is 260 g/mol. The van der Waals surface area contributed by atoms with Crippen LogP contribution in [0.15, 0.2) is 0 Å². The Morgan fingerprint density at radius 2 is 2.22 bits per heavy atom. The van der Waals surface area contributed by atoms with Gasteiger partial charge in [-0.25, -0.2) is 9.59 Å². The van der Waals surface area contributed by atoms with Gasteiger partial charge in [0.25, 0.3) is 0 Å². The fourth-order valence-corrected chi connectivity index (χ4v) is 1.84. The molecule has 0 radical (unpaired) electrons. The zero-order valence-electron chi connectivity index (χ0n) is 10.4. The van der Waals surface area contributed by atoms with Gasteiger partial charge in [0.2, 0.25) is 0 Å². The summed E-state index contributed by atoms with van der Waals surface area (Å²) in [5.41, 5.74) is -0.368. The van der Waals surface area contributed by atoms with E-state index >= 15 is 0 Å². The second-order valence-electron chi connectivity index (χ2n) is 4.63. The van der Waals surface area contributed by atoms with E-state index in [2.05, 4.69) is 10.6 Å². The summed E-state index contributed by atoms with van der Waals surface area (Å²) >= 11 is 0. The molecule has 0 saturated carbocycles. The highest BCUT2D eigenvalue weighted by atomic mass is 16.5. The van der Waals surface area contributed by atoms with Crippen molar-refractivity contribution in [3.63, 3.8) is 0 Å². The van der Waals surface area contributed by atoms with Crippen molar-refractivity contribution < 1.29 is 24.5 Å². The minimum Gasteiger partial charge on any atom is -0.480 e. The Hall–Kier alpha value is -1.34. The van der Waals surface area contributed by atoms with Crippen LogP contribution < -0.4 is 10.6 Å². The van der Waals surface area contributed by atoms with Gasteiger partial charge in [0.15, 0.2) is 0 Å². The predicted molar refractivity (Wildman–Crippen MR) is 63.3 cm³/mol. The van der Waals surface area contributed by atoms with Crippen LogP contribution in [0, 0.1) is 0 Å². The van der Waals surface area contributed by atoms with Crippen molar-refractivity contribution in [3.05, 3.63) is 0 Å². The molecule has 4 N–H and O–H groups in total. The summed E-state index contributed by atoms with van der Waals surface area (Å²) in [6.45, 7) is 2.63. The lowest BCUT2D eigenvalue weighted by atomic mass is 10.0. The quantitative estimate of drug-likeness (QED) is 0.524. The van der Waals surface area contributed by atoms with Crippen molar-refractivity contribution in [1.29, 1.82) is 0 Å². The van der Waals surface area contributed by atoms with Gasteiger partial charge in [-0.2, -0.15) is 0 Å². The molecule has 1 fully saturated rings. The number of rotatable bonds is 6. The molecule has 1 unspecified atom stereocenters. The first-order valence-corrected chi connectivity index (χ1v) is 5.99. The van der Waals surface area contributed by atoms with E-state index in [9.17, 15) is 9.59 Å². The number of hydrogen-bond acceptors (Lipinski definition) is 4. The largest absolute Gasteiger partial charge is 0.480 e. The third-order valence-corrected chi connectivity index (χ3v) is 2.94. The Balaban J connectivity index is 2.33. The summed E-state index contributed by atoms with van der Waals surface area (Å²) in [7, 11) is 0. The molecule has 1 saturated heterocycles. The molecule has 0 aromatic carbocycles. The molecule has 7 nitrogen and oxygen atoms in total. The van der Waals surface area contributed by atoms with Gasteiger partial charge in [-0.3, -0.25) is 0 Å². The number of hydrogen-bond donors (Lipinski definition) is 4. The maximum atomic E-state index is 11.5. The maximum absolute atomic E-state index is 11.5. The van der Waals surface area contributed by atoms with E-state index in [-0.39, 0.29) is 18.6 Å². The molecule has 1 aliphatic heterocycles. The minimum absolute atomic E-state index is 0.0173. The molecule has 1 aliphatic rings. The van der Waals surface area contributed by atoms with Crippen LogP contribution >= 0.6 is 0 Å². The van der Waals surface area contributed by atoms with E-state index in [0.717, 1.165) is 12.8 Å². The summed E-state index contributed by atoms with van der Waals surface area (Å²) in [5, 5.41) is 22.4. The Morgan fingerprint density at radius 1 is 1.50 bits per heavy atom. The van der Waals surface area contributed by atoms with Crippen molar-refractivity contribution in [1.82, 2.24) is 10.6 Å². The number of carbonyl (C=O) groups is 2. The van der Waals surface area contributed by atoms with Gasteiger partial charge in [-0.15, -0.1) is 0 Å². The topological polar surface area (TPSA) is 108 Å². The highest BCUT2D eigenvalue weighted by Crippen LogP contribution is 2.23. The van der Waals surface area contributed by atoms with Crippen molar-refractivity contribution in [3.8, 4) is 0 Å². The molecule has 2 atom stereocenters. The molecule has 0 aliphatic carbocycles. The van der Waals surface area contributed by atoms with Gasteiger partial charge in [0.1, 0.15) is 6.04 Å². The molecule has 0 bridgehead atoms. The van der Waals surface area contributed by atoms with Crippen LogP contribution in [-0.4, -0.2) is 53.6 Å². The summed E-state index contributed by atoms with van der Waals surface area (Å²) in [4.78, 5) is 22.3. The fourth-order valence-electron chi connectivity index (χ4n) is 1.84. The van der Waals surface area contributed by atoms with Crippen LogP contribution in [0.25, 0.3) is 0 Å². The number of aliphatic hydroxyl groups is 1. The normalized spacial score (nSPS) is 24.6. The number of urea groups is 1. The highest BCUT2D eigenvalue weighted by Gasteiger charge is 2.30. The lowest BCUT2D eigenvalue weighted by molar-refractivity contribution is -0.139. The minimum atomic E-state index is -1.16. The SMILES string of the molecule is CC1(CNC(=O)N[C@@H](CCO)C(=O)O)CCCO1. The Labute approximate surface area is 106 Å². The van der Waals surface area contributed by atoms with E-state index in [1.165, 1.54) is 0 Å². The van der Waals surface area contributed by atoms with Crippen molar-refractivity contribution in [2.24, 2.45) is 0 Å². The molecular weight excluding hydrogens is 240 g/mol. The first-order chi connectivity index (χ1) is 8.47. The van der Waals surface area contributed by atoms with Crippen LogP contribution in [-0.2, 0) is 9.53 Å². The molecule has 0 aromatic rings. The number of carboxylic acids is 1. The van der Waals surface area contributed by atoms with Gasteiger partial charge in [0, 0.05) is 26.2 Å². The van der Waals surface area contributed by atoms with Gasteiger partial charge in [0.05, 0.1) is 5.60 Å². The standard InChI is InChI=1S/C11H20N2O5/c1-11(4-2-6-18-11)7-12-10(17)13-8(3-5-14)9(15)16/h8,14H,2-7H2,1H3,(H,15,16)(H2,12,13,17)/t8-,11?/m0/s1. The third-order valence-electron chi connectivity index (χ3n) is 2.94. The Bertz CT molecular complexity index is 302. The van der Waals surface area contributed by atoms with Crippen LogP contribution in [0.5, 0.6) is 0 Å². The average Bonchev–Trinajstić information content (AvgIpc) is 2.73. The molecule has 0 aromatic heterocycles. The van der Waals surface area contributed by atoms with Crippen LogP contribution in [0.2, 0.25) is 0 Å². The summed E-state index contributed by atoms with van der Waals surface area (Å²) in [6, 6.07) is -1.64. The summed E-state index contributed by atoms with van der Waals surface area (Å²) < 4.78 is 5.49. The number of carboxylic acid groups (broad SMARTS) is 1. The lowest BCUT2D eigenvalue weighted by Gasteiger charge is -2.24. The fraction of sp³-hybridized carbons (Fsp3) is 0.818. The summed E-state index contributed by atoms with van der Waals surface area (Å²) in [6.07, 6.45) is 1.81. The second kappa shape index (κ2) is 6.55. The number of carbonyl (C=O) groups excluding carboxylic acids is 1. The van der Waals surface area contributed by atoms with Crippen LogP contribution in [0.4, 0.5) is 4.79 Å². The highest BCUT2D eigenvalue weighted by molar-refractivity contribution is 5.82. The number of aliphatic hydroxyl groups excluding tert-OH is 1. The molecule has 0 spiro atoms. The first kappa shape index (κ1) is 14.7. The predicted octanol–water partition coefficient (Wildman–Crippen LogP) is -0.310. The van der Waals surface area contributed by atoms with Crippen molar-refractivity contribution in [2.45, 2.75) is 37.8 Å². The van der Waals surface area contributed by atoms with Crippen molar-refractivity contribution >= 4 is 12.0 Å². The monoisotopic (exact) mass is 260 g/mol. The van der Waals surface area contributed by atoms with Gasteiger partial charge in [-0.1, -0.05) is 0 Å². The molecule has 1 heterocycles. The summed E-state index contributed by atoms with van der Waals surface area (Å²) in [5.74, 6) is -1.16. The molecular formula is C11H20N2O5. The van der Waals surface area contributed by atoms with Gasteiger partial charge >= 0.3 is 12.0 Å². The third kappa shape index (κ3) is 4.50. The number of amides is 2. The first-order valence-electron chi connectivity index (χ1n) is 5.99. The smallest absolute Gasteiger partial charge is 0.326 e. The number of ether oxygens (including phenoxy) is 1. The zero-order valence-corrected chi connectivity index (χ0v) is 10.4. The van der Waals surface area contributed by atoms with Crippen LogP contribution in [0.1, 0.15) is 26.2 Å². The Kier molecular flexibility index (Phi) is 5.36. The Morgan fingerprint density at radius 3 is 2.72 bits per heavy atom. The number of nitrogens with one attached hydrogen (secondary N) is 2. The van der Waals surface area contributed by atoms with Gasteiger partial charge in [-0.05, 0) is 19.8 Å². The van der Waals surface area contributed by atoms with E-state index in [1.54, 1.807) is 0 Å². The van der Waals surface area contributed by atoms with E-state index in [4.69, 9.17) is 14.9 Å². The molecule has 1 rings (SSSR count). The maximum Gasteiger partial charge on any atom is 0.326 e. The van der Waals surface area contributed by atoms with E-state index < -0.39 is 18.0 Å². The molecule has 104 valence electrons. The number of aliphatic carboxylic acids is 1. The van der Waals surface area contributed by atoms with Gasteiger partial charge < -0.3 is 25.6 Å². The zero-order chi connectivity index (χ0) is 13.6. The molecule has 2 amide bonds. The van der Waals surface area contributed by atoms with Crippen LogP contribution in [0.3, 0.4) is 0 Å².